The van der Waals surface area contributed by atoms with Crippen LogP contribution in [0.4, 0.5) is 4.79 Å². The van der Waals surface area contributed by atoms with Crippen molar-refractivity contribution in [1.29, 1.82) is 0 Å². The van der Waals surface area contributed by atoms with Crippen LogP contribution < -0.4 is 10.6 Å². The highest BCUT2D eigenvalue weighted by molar-refractivity contribution is 5.85. The first-order valence-corrected chi connectivity index (χ1v) is 38.0. The number of rotatable bonds is 57. The van der Waals surface area contributed by atoms with Crippen LogP contribution in [0.25, 0.3) is 0 Å². The normalized spacial score (nSPS) is 17.5. The third-order valence-electron chi connectivity index (χ3n) is 17.4. The third kappa shape index (κ3) is 42.5. The first-order valence-electron chi connectivity index (χ1n) is 38.0. The number of ether oxygens (including phenoxy) is 12. The van der Waals surface area contributed by atoms with Crippen molar-refractivity contribution in [2.45, 2.75) is 349 Å². The molecule has 0 saturated carbocycles. The Bertz CT molecular complexity index is 2670. The summed E-state index contributed by atoms with van der Waals surface area (Å²) < 4.78 is 68.2. The third-order valence-corrected chi connectivity index (χ3v) is 17.4. The second-order valence-corrected chi connectivity index (χ2v) is 27.3. The zero-order chi connectivity index (χ0) is 77.1. The zero-order valence-electron chi connectivity index (χ0n) is 64.2. The highest BCUT2D eigenvalue weighted by atomic mass is 16.8. The number of benzene rings is 1. The van der Waals surface area contributed by atoms with Gasteiger partial charge in [-0.05, 0) is 30.5 Å². The van der Waals surface area contributed by atoms with Crippen LogP contribution >= 0.6 is 0 Å². The summed E-state index contributed by atoms with van der Waals surface area (Å²) in [5.41, 5.74) is -0.887. The first kappa shape index (κ1) is 92.7. The van der Waals surface area contributed by atoms with Gasteiger partial charge in [-0.15, -0.1) is 0 Å². The van der Waals surface area contributed by atoms with Crippen molar-refractivity contribution in [3.63, 3.8) is 0 Å². The molecule has 1 heterocycles. The fourth-order valence-electron chi connectivity index (χ4n) is 11.9. The van der Waals surface area contributed by atoms with E-state index in [4.69, 9.17) is 56.8 Å². The van der Waals surface area contributed by atoms with Crippen molar-refractivity contribution in [1.82, 2.24) is 10.6 Å². The fraction of sp³-hybridized carbons (Fsp3) is 0.766. The molecule has 27 nitrogen and oxygen atoms in total. The summed E-state index contributed by atoms with van der Waals surface area (Å²) in [7, 11) is 0. The van der Waals surface area contributed by atoms with Gasteiger partial charge < -0.3 is 72.7 Å². The topological polar surface area (TPSA) is 349 Å². The molecule has 2 amide bonds. The Kier molecular flexibility index (Phi) is 49.1. The Labute approximate surface area is 616 Å². The van der Waals surface area contributed by atoms with Gasteiger partial charge in [-0.3, -0.25) is 47.9 Å². The Hall–Kier alpha value is -7.42. The average Bonchev–Trinajstić information content (AvgIpc) is 0.776. The second kappa shape index (κ2) is 55.1. The molecule has 4 unspecified atom stereocenters. The first-order chi connectivity index (χ1) is 49.7. The predicted molar refractivity (Wildman–Crippen MR) is 385 cm³/mol. The maximum absolute atomic E-state index is 14.6. The van der Waals surface area contributed by atoms with E-state index in [1.165, 1.54) is 179 Å². The molecule has 1 aromatic rings. The molecule has 592 valence electrons. The smallest absolute Gasteiger partial charge is 0.407 e. The van der Waals surface area contributed by atoms with Crippen LogP contribution in [0.2, 0.25) is 0 Å². The van der Waals surface area contributed by atoms with Gasteiger partial charge >= 0.3 is 59.8 Å². The lowest BCUT2D eigenvalue weighted by atomic mass is 9.97. The van der Waals surface area contributed by atoms with Gasteiger partial charge in [0.1, 0.15) is 25.4 Å². The van der Waals surface area contributed by atoms with E-state index in [-0.39, 0.29) is 13.0 Å². The summed E-state index contributed by atoms with van der Waals surface area (Å²) in [6, 6.07) is 6.13. The second-order valence-electron chi connectivity index (χ2n) is 27.3. The summed E-state index contributed by atoms with van der Waals surface area (Å²) in [4.78, 5) is 143. The van der Waals surface area contributed by atoms with Crippen LogP contribution in [0.3, 0.4) is 0 Å². The number of hydrogen-bond acceptors (Lipinski definition) is 24. The molecule has 1 saturated heterocycles. The Morgan fingerprint density at radius 3 is 1.37 bits per heavy atom. The molecule has 1 aromatic carbocycles. The molecule has 0 bridgehead atoms. The summed E-state index contributed by atoms with van der Waals surface area (Å²) in [6.45, 7) is 11.2. The van der Waals surface area contributed by atoms with Gasteiger partial charge in [0.05, 0.1) is 0 Å². The number of carbonyl (C=O) groups excluding carboxylic acids is 11. The molecule has 0 aromatic heterocycles. The van der Waals surface area contributed by atoms with Crippen LogP contribution in [0.1, 0.15) is 293 Å². The minimum atomic E-state index is -2.25. The number of carbonyl (C=O) groups is 11. The standard InChI is InChI=1S/C77H125N3O24/c1-12-14-16-18-20-22-24-26-28-29-31-33-35-37-39-41-43-67(89)95-53-77(11,54-96-76(91)78-48-42-40-38-36-34-32-30-27-25-23-21-19-17-15-13-2)80(92)50-64-46-44-63(45-47-64)49-79-74(90)72(101-61(9)87)70(99-59(7)85)69(65(97-57(5)83)51-93-55(3)81)104-75-73(102-62(10)88)71(100-60(8)86)68(98-58(6)84)66(103-75)52-94-56(4)82/h44-47,50,65-66,68-73,75H,12-43,48-49,51-54H2,1-11H3,(H,78,91)(H,79,90)/b80-50-/t65?,66?,68-,69-,70-,71-,72?,73?,75-,77-/m0/s1. The number of esters is 9. The van der Waals surface area contributed by atoms with Gasteiger partial charge in [-0.1, -0.05) is 212 Å². The van der Waals surface area contributed by atoms with Gasteiger partial charge in [-0.25, -0.2) is 4.79 Å². The molecular formula is C77H125N3O24. The quantitative estimate of drug-likeness (QED) is 0.0116. The maximum Gasteiger partial charge on any atom is 0.407 e. The molecular weight excluding hydrogens is 1350 g/mol. The largest absolute Gasteiger partial charge is 0.623 e. The molecule has 10 atom stereocenters. The molecule has 1 fully saturated rings. The van der Waals surface area contributed by atoms with Crippen molar-refractivity contribution in [3.8, 4) is 0 Å². The van der Waals surface area contributed by atoms with E-state index in [1.807, 2.05) is 0 Å². The van der Waals surface area contributed by atoms with Crippen molar-refractivity contribution in [2.75, 3.05) is 33.0 Å². The lowest BCUT2D eigenvalue weighted by Crippen LogP contribution is -2.65. The number of amides is 2. The Morgan fingerprint density at radius 2 is 0.913 bits per heavy atom. The zero-order valence-corrected chi connectivity index (χ0v) is 64.2. The number of unbranched alkanes of at least 4 members (excludes halogenated alkanes) is 29. The molecule has 1 aliphatic heterocycles. The summed E-state index contributed by atoms with van der Waals surface area (Å²) >= 11 is 0. The molecule has 1 aliphatic rings. The average molecular weight is 1480 g/mol. The van der Waals surface area contributed by atoms with Crippen molar-refractivity contribution >= 4 is 71.9 Å². The molecule has 0 radical (unpaired) electrons. The van der Waals surface area contributed by atoms with Crippen LogP contribution in [-0.2, 0) is 111 Å². The minimum Gasteiger partial charge on any atom is -0.623 e. The van der Waals surface area contributed by atoms with Crippen molar-refractivity contribution in [2.24, 2.45) is 0 Å². The summed E-state index contributed by atoms with van der Waals surface area (Å²) in [5, 5.41) is 19.7. The van der Waals surface area contributed by atoms with E-state index in [0.29, 0.717) is 28.8 Å². The van der Waals surface area contributed by atoms with Gasteiger partial charge in [0.15, 0.2) is 56.2 Å². The number of nitrogens with zero attached hydrogens (tertiary/aromatic N) is 1. The number of hydroxylamine groups is 1. The van der Waals surface area contributed by atoms with E-state index in [2.05, 4.69) is 24.5 Å². The lowest BCUT2D eigenvalue weighted by molar-refractivity contribution is -0.548. The SMILES string of the molecule is CCCCCCCCCCCCCCCCCCC(=O)OC[C@@](C)(COC(=O)NCCCCCCCCCCCCCCCCC)/[N+]([O-])=C/c1ccc(CNC(=O)C(OC(C)=O)[C@@H](OC(C)=O)[C@@H](O[C@@H]2OC(COC(C)=O)[C@H](OC(C)=O)[C@H](OC(C)=O)C2OC(C)=O)C(COC(C)=O)OC(C)=O)cc1. The van der Waals surface area contributed by atoms with E-state index >= 15 is 0 Å². The van der Waals surface area contributed by atoms with E-state index in [9.17, 15) is 57.9 Å². The molecule has 0 spiro atoms. The van der Waals surface area contributed by atoms with Gasteiger partial charge in [0.25, 0.3) is 5.91 Å². The van der Waals surface area contributed by atoms with E-state index < -0.39 is 153 Å². The van der Waals surface area contributed by atoms with Crippen LogP contribution in [0.5, 0.6) is 0 Å². The number of alkyl carbamates (subject to hydrolysis) is 1. The molecule has 2 rings (SSSR count). The Morgan fingerprint density at radius 1 is 0.481 bits per heavy atom. The van der Waals surface area contributed by atoms with Crippen LogP contribution in [0, 0.1) is 5.21 Å². The highest BCUT2D eigenvalue weighted by Gasteiger charge is 2.56. The molecule has 2 N–H and O–H groups in total. The lowest BCUT2D eigenvalue weighted by Gasteiger charge is -2.46. The van der Waals surface area contributed by atoms with Gasteiger partial charge in [0, 0.05) is 87.4 Å². The summed E-state index contributed by atoms with van der Waals surface area (Å²) in [5.74, 6) is -9.81. The maximum atomic E-state index is 14.6. The highest BCUT2D eigenvalue weighted by Crippen LogP contribution is 2.33. The minimum absolute atomic E-state index is 0.148. The monoisotopic (exact) mass is 1480 g/mol. The van der Waals surface area contributed by atoms with Gasteiger partial charge in [-0.2, -0.15) is 4.74 Å². The molecule has 27 heteroatoms. The predicted octanol–water partition coefficient (Wildman–Crippen LogP) is 12.6. The summed E-state index contributed by atoms with van der Waals surface area (Å²) in [6.07, 6.45) is 19.9. The van der Waals surface area contributed by atoms with E-state index in [1.54, 1.807) is 0 Å². The van der Waals surface area contributed by atoms with Crippen molar-refractivity contribution < 1.29 is 114 Å². The van der Waals surface area contributed by atoms with Crippen molar-refractivity contribution in [3.05, 3.63) is 40.6 Å². The fourth-order valence-corrected chi connectivity index (χ4v) is 11.9. The van der Waals surface area contributed by atoms with Gasteiger partial charge in [0.2, 0.25) is 11.6 Å². The number of nitrogens with one attached hydrogen (secondary N) is 2. The van der Waals surface area contributed by atoms with Crippen LogP contribution in [0.15, 0.2) is 24.3 Å². The Balaban J connectivity index is 2.41. The number of hydrogen-bond donors (Lipinski definition) is 2. The molecule has 104 heavy (non-hydrogen) atoms. The molecule has 0 aliphatic carbocycles. The van der Waals surface area contributed by atoms with E-state index in [0.717, 1.165) is 107 Å². The van der Waals surface area contributed by atoms with Crippen LogP contribution in [-0.4, -0.2) is 170 Å².